The van der Waals surface area contributed by atoms with Gasteiger partial charge in [-0.25, -0.2) is 5.06 Å². The fourth-order valence-corrected chi connectivity index (χ4v) is 3.81. The van der Waals surface area contributed by atoms with E-state index in [1.807, 2.05) is 0 Å². The predicted octanol–water partition coefficient (Wildman–Crippen LogP) is 3.88. The number of hydrogen-bond donors (Lipinski definition) is 0. The van der Waals surface area contributed by atoms with Crippen LogP contribution in [0.1, 0.15) is 30.4 Å². The Kier molecular flexibility index (Phi) is 6.42. The highest BCUT2D eigenvalue weighted by Crippen LogP contribution is 2.32. The van der Waals surface area contributed by atoms with Crippen LogP contribution in [-0.4, -0.2) is 36.1 Å². The molecule has 2 aromatic rings. The summed E-state index contributed by atoms with van der Waals surface area (Å²) in [6.45, 7) is 1.81. The van der Waals surface area contributed by atoms with Crippen LogP contribution in [0.25, 0.3) is 0 Å². The predicted molar refractivity (Wildman–Crippen MR) is 103 cm³/mol. The SMILES string of the molecule is CON(C)C(=O)C1CCC(N(Cc2ccccc2)Cc2ccccc2)C1. The van der Waals surface area contributed by atoms with Gasteiger partial charge < -0.3 is 0 Å². The molecule has 1 fully saturated rings. The molecule has 4 heteroatoms. The third kappa shape index (κ3) is 4.71. The number of amides is 1. The van der Waals surface area contributed by atoms with Crippen molar-refractivity contribution in [2.24, 2.45) is 5.92 Å². The molecule has 4 nitrogen and oxygen atoms in total. The molecule has 0 spiro atoms. The van der Waals surface area contributed by atoms with Gasteiger partial charge in [0.05, 0.1) is 7.11 Å². The molecule has 26 heavy (non-hydrogen) atoms. The summed E-state index contributed by atoms with van der Waals surface area (Å²) in [5.74, 6) is 0.147. The number of hydrogen-bond acceptors (Lipinski definition) is 3. The highest BCUT2D eigenvalue weighted by molar-refractivity contribution is 5.77. The second-order valence-corrected chi connectivity index (χ2v) is 7.06. The average Bonchev–Trinajstić information content (AvgIpc) is 3.18. The number of carbonyl (C=O) groups excluding carboxylic acids is 1. The summed E-state index contributed by atoms with van der Waals surface area (Å²) in [7, 11) is 3.24. The lowest BCUT2D eigenvalue weighted by Gasteiger charge is -2.29. The Labute approximate surface area is 156 Å². The minimum Gasteiger partial charge on any atom is -0.292 e. The number of nitrogens with zero attached hydrogens (tertiary/aromatic N) is 2. The summed E-state index contributed by atoms with van der Waals surface area (Å²) in [5, 5.41) is 1.37. The van der Waals surface area contributed by atoms with Crippen LogP contribution < -0.4 is 0 Å². The van der Waals surface area contributed by atoms with Crippen molar-refractivity contribution in [1.82, 2.24) is 9.96 Å². The highest BCUT2D eigenvalue weighted by Gasteiger charge is 2.34. The van der Waals surface area contributed by atoms with E-state index in [9.17, 15) is 4.79 Å². The number of benzene rings is 2. The van der Waals surface area contributed by atoms with E-state index in [1.165, 1.54) is 16.2 Å². The molecule has 2 unspecified atom stereocenters. The Morgan fingerprint density at radius 3 is 2.00 bits per heavy atom. The Hall–Kier alpha value is -2.17. The van der Waals surface area contributed by atoms with Crippen molar-refractivity contribution in [3.05, 3.63) is 71.8 Å². The highest BCUT2D eigenvalue weighted by atomic mass is 16.7. The van der Waals surface area contributed by atoms with Gasteiger partial charge in [-0.3, -0.25) is 14.5 Å². The summed E-state index contributed by atoms with van der Waals surface area (Å²) in [5.41, 5.74) is 2.62. The van der Waals surface area contributed by atoms with Crippen molar-refractivity contribution in [3.63, 3.8) is 0 Å². The summed E-state index contributed by atoms with van der Waals surface area (Å²) in [6, 6.07) is 21.6. The van der Waals surface area contributed by atoms with E-state index in [0.717, 1.165) is 32.4 Å². The number of carbonyl (C=O) groups is 1. The third-order valence-corrected chi connectivity index (χ3v) is 5.31. The second-order valence-electron chi connectivity index (χ2n) is 7.06. The third-order valence-electron chi connectivity index (χ3n) is 5.31. The van der Waals surface area contributed by atoms with Gasteiger partial charge in [0, 0.05) is 32.1 Å². The van der Waals surface area contributed by atoms with Crippen LogP contribution in [0.2, 0.25) is 0 Å². The standard InChI is InChI=1S/C22H28N2O2/c1-23(26-2)22(25)20-13-14-21(15-20)24(16-18-9-5-3-6-10-18)17-19-11-7-4-8-12-19/h3-12,20-21H,13-17H2,1-2H3. The molecular weight excluding hydrogens is 324 g/mol. The van der Waals surface area contributed by atoms with E-state index in [1.54, 1.807) is 14.2 Å². The van der Waals surface area contributed by atoms with Gasteiger partial charge in [0.2, 0.25) is 5.91 Å². The molecule has 3 rings (SSSR count). The fourth-order valence-electron chi connectivity index (χ4n) is 3.81. The molecule has 1 amide bonds. The molecule has 0 heterocycles. The Bertz CT molecular complexity index is 648. The number of rotatable bonds is 7. The van der Waals surface area contributed by atoms with Crippen LogP contribution in [0.3, 0.4) is 0 Å². The van der Waals surface area contributed by atoms with E-state index >= 15 is 0 Å². The molecule has 0 saturated heterocycles. The molecule has 0 aromatic heterocycles. The maximum Gasteiger partial charge on any atom is 0.249 e. The lowest BCUT2D eigenvalue weighted by Crippen LogP contribution is -2.35. The zero-order valence-corrected chi connectivity index (χ0v) is 15.7. The number of hydroxylamine groups is 2. The van der Waals surface area contributed by atoms with Crippen LogP contribution in [-0.2, 0) is 22.7 Å². The topological polar surface area (TPSA) is 32.8 Å². The zero-order valence-electron chi connectivity index (χ0n) is 15.7. The van der Waals surface area contributed by atoms with Gasteiger partial charge in [0.25, 0.3) is 0 Å². The van der Waals surface area contributed by atoms with E-state index < -0.39 is 0 Å². The van der Waals surface area contributed by atoms with Crippen LogP contribution in [0.15, 0.2) is 60.7 Å². The zero-order chi connectivity index (χ0) is 18.4. The average molecular weight is 352 g/mol. The molecule has 0 N–H and O–H groups in total. The first-order valence-electron chi connectivity index (χ1n) is 9.31. The van der Waals surface area contributed by atoms with E-state index in [2.05, 4.69) is 65.6 Å². The molecule has 2 atom stereocenters. The molecule has 1 saturated carbocycles. The van der Waals surface area contributed by atoms with Crippen LogP contribution in [0.5, 0.6) is 0 Å². The maximum absolute atomic E-state index is 12.4. The smallest absolute Gasteiger partial charge is 0.249 e. The normalized spacial score (nSPS) is 19.7. The van der Waals surface area contributed by atoms with Crippen molar-refractivity contribution in [2.75, 3.05) is 14.2 Å². The molecule has 138 valence electrons. The van der Waals surface area contributed by atoms with Crippen LogP contribution in [0.4, 0.5) is 0 Å². The fraction of sp³-hybridized carbons (Fsp3) is 0.409. The van der Waals surface area contributed by atoms with Gasteiger partial charge in [0.1, 0.15) is 0 Å². The summed E-state index contributed by atoms with van der Waals surface area (Å²) < 4.78 is 0. The van der Waals surface area contributed by atoms with Gasteiger partial charge in [-0.15, -0.1) is 0 Å². The molecule has 0 radical (unpaired) electrons. The minimum absolute atomic E-state index is 0.0546. The summed E-state index contributed by atoms with van der Waals surface area (Å²) in [6.07, 6.45) is 2.87. The van der Waals surface area contributed by atoms with Gasteiger partial charge >= 0.3 is 0 Å². The van der Waals surface area contributed by atoms with Crippen molar-refractivity contribution < 1.29 is 9.63 Å². The molecule has 0 aliphatic heterocycles. The summed E-state index contributed by atoms with van der Waals surface area (Å²) in [4.78, 5) is 20.0. The first-order valence-corrected chi connectivity index (χ1v) is 9.31. The van der Waals surface area contributed by atoms with Crippen molar-refractivity contribution in [1.29, 1.82) is 0 Å². The van der Waals surface area contributed by atoms with E-state index in [4.69, 9.17) is 4.84 Å². The Morgan fingerprint density at radius 1 is 0.962 bits per heavy atom. The van der Waals surface area contributed by atoms with Crippen molar-refractivity contribution in [2.45, 2.75) is 38.4 Å². The molecule has 2 aromatic carbocycles. The molecule has 0 bridgehead atoms. The lowest BCUT2D eigenvalue weighted by atomic mass is 10.1. The quantitative estimate of drug-likeness (QED) is 0.709. The first-order chi connectivity index (χ1) is 12.7. The van der Waals surface area contributed by atoms with Crippen LogP contribution >= 0.6 is 0 Å². The van der Waals surface area contributed by atoms with E-state index in [-0.39, 0.29) is 11.8 Å². The maximum atomic E-state index is 12.4. The van der Waals surface area contributed by atoms with Gasteiger partial charge in [-0.2, -0.15) is 0 Å². The van der Waals surface area contributed by atoms with Crippen LogP contribution in [0, 0.1) is 5.92 Å². The first kappa shape index (κ1) is 18.6. The second kappa shape index (κ2) is 8.97. The van der Waals surface area contributed by atoms with Crippen molar-refractivity contribution in [3.8, 4) is 0 Å². The largest absolute Gasteiger partial charge is 0.292 e. The molecule has 1 aliphatic carbocycles. The molecule has 1 aliphatic rings. The Morgan fingerprint density at radius 2 is 1.50 bits per heavy atom. The van der Waals surface area contributed by atoms with Crippen molar-refractivity contribution >= 4 is 5.91 Å². The van der Waals surface area contributed by atoms with E-state index in [0.29, 0.717) is 6.04 Å². The Balaban J connectivity index is 1.72. The minimum atomic E-state index is 0.0546. The monoisotopic (exact) mass is 352 g/mol. The van der Waals surface area contributed by atoms with Gasteiger partial charge in [-0.05, 0) is 30.4 Å². The van der Waals surface area contributed by atoms with Gasteiger partial charge in [-0.1, -0.05) is 60.7 Å². The lowest BCUT2D eigenvalue weighted by molar-refractivity contribution is -0.173. The van der Waals surface area contributed by atoms with Gasteiger partial charge in [0.15, 0.2) is 0 Å². The summed E-state index contributed by atoms with van der Waals surface area (Å²) >= 11 is 0. The molecular formula is C22H28N2O2.